The number of rotatable bonds is 4. The van der Waals surface area contributed by atoms with E-state index in [1.165, 1.54) is 12.1 Å². The molecule has 0 spiro atoms. The van der Waals surface area contributed by atoms with E-state index in [9.17, 15) is 18.0 Å². The first kappa shape index (κ1) is 18.1. The highest BCUT2D eigenvalue weighted by Crippen LogP contribution is 2.29. The van der Waals surface area contributed by atoms with Gasteiger partial charge in [0, 0.05) is 15.7 Å². The smallest absolute Gasteiger partial charge is 0.324 e. The Hall–Kier alpha value is -2.75. The molecule has 26 heavy (non-hydrogen) atoms. The maximum absolute atomic E-state index is 12.5. The van der Waals surface area contributed by atoms with Gasteiger partial charge in [-0.05, 0) is 53.7 Å². The fourth-order valence-electron chi connectivity index (χ4n) is 2.10. The van der Waals surface area contributed by atoms with Gasteiger partial charge < -0.3 is 5.32 Å². The molecule has 0 saturated heterocycles. The Balaban J connectivity index is 1.62. The molecule has 0 radical (unpaired) electrons. The molecule has 1 heterocycles. The molecular weight excluding hydrogens is 415 g/mol. The number of alkyl halides is 3. The van der Waals surface area contributed by atoms with Crippen molar-refractivity contribution >= 4 is 27.5 Å². The Kier molecular flexibility index (Phi) is 5.03. The normalized spacial score (nSPS) is 11.4. The summed E-state index contributed by atoms with van der Waals surface area (Å²) in [6, 6.07) is 11.4. The molecular formula is C16H11BrF3N5O. The van der Waals surface area contributed by atoms with Crippen molar-refractivity contribution in [1.29, 1.82) is 0 Å². The van der Waals surface area contributed by atoms with Crippen LogP contribution in [0, 0.1) is 0 Å². The SMILES string of the molecule is O=C(Cn1nnc(-c2ccc(Br)cc2)n1)Nc1ccc(C(F)(F)F)cc1. The minimum Gasteiger partial charge on any atom is -0.324 e. The number of nitrogens with zero attached hydrogens (tertiary/aromatic N) is 4. The van der Waals surface area contributed by atoms with Crippen molar-refractivity contribution in [1.82, 2.24) is 20.2 Å². The summed E-state index contributed by atoms with van der Waals surface area (Å²) in [6.45, 7) is -0.218. The number of carbonyl (C=O) groups excluding carboxylic acids is 1. The summed E-state index contributed by atoms with van der Waals surface area (Å²) in [4.78, 5) is 13.1. The molecule has 0 fully saturated rings. The number of benzene rings is 2. The van der Waals surface area contributed by atoms with Crippen LogP contribution in [0.25, 0.3) is 11.4 Å². The van der Waals surface area contributed by atoms with Crippen molar-refractivity contribution in [2.45, 2.75) is 12.7 Å². The average Bonchev–Trinajstić information content (AvgIpc) is 3.03. The van der Waals surface area contributed by atoms with Gasteiger partial charge in [-0.2, -0.15) is 18.0 Å². The summed E-state index contributed by atoms with van der Waals surface area (Å²) in [5, 5.41) is 14.3. The molecule has 0 aliphatic heterocycles. The van der Waals surface area contributed by atoms with Crippen LogP contribution in [0.1, 0.15) is 5.56 Å². The second-order valence-corrected chi connectivity index (χ2v) is 6.19. The van der Waals surface area contributed by atoms with Gasteiger partial charge in [-0.25, -0.2) is 0 Å². The predicted octanol–water partition coefficient (Wildman–Crippen LogP) is 3.76. The zero-order valence-electron chi connectivity index (χ0n) is 13.0. The second-order valence-electron chi connectivity index (χ2n) is 5.27. The number of tetrazole rings is 1. The Bertz CT molecular complexity index is 907. The molecule has 1 amide bonds. The van der Waals surface area contributed by atoms with E-state index in [0.29, 0.717) is 5.82 Å². The van der Waals surface area contributed by atoms with Crippen molar-refractivity contribution in [3.63, 3.8) is 0 Å². The molecule has 3 aromatic rings. The summed E-state index contributed by atoms with van der Waals surface area (Å²) in [6.07, 6.45) is -4.42. The summed E-state index contributed by atoms with van der Waals surface area (Å²) in [5.74, 6) is -0.121. The lowest BCUT2D eigenvalue weighted by molar-refractivity contribution is -0.137. The number of hydrogen-bond donors (Lipinski definition) is 1. The standard InChI is InChI=1S/C16H11BrF3N5O/c17-12-5-1-10(2-6-12)15-22-24-25(23-15)9-14(26)21-13-7-3-11(4-8-13)16(18,19)20/h1-8H,9H2,(H,21,26). The average molecular weight is 426 g/mol. The van der Waals surface area contributed by atoms with Crippen LogP contribution < -0.4 is 5.32 Å². The summed E-state index contributed by atoms with van der Waals surface area (Å²) < 4.78 is 38.5. The van der Waals surface area contributed by atoms with Crippen LogP contribution in [0.4, 0.5) is 18.9 Å². The van der Waals surface area contributed by atoms with Crippen molar-refractivity contribution < 1.29 is 18.0 Å². The molecule has 0 bridgehead atoms. The van der Waals surface area contributed by atoms with E-state index in [2.05, 4.69) is 36.7 Å². The third kappa shape index (κ3) is 4.45. The highest BCUT2D eigenvalue weighted by molar-refractivity contribution is 9.10. The fraction of sp³-hybridized carbons (Fsp3) is 0.125. The molecule has 2 aromatic carbocycles. The van der Waals surface area contributed by atoms with Crippen LogP contribution >= 0.6 is 15.9 Å². The topological polar surface area (TPSA) is 72.7 Å². The molecule has 0 saturated carbocycles. The lowest BCUT2D eigenvalue weighted by Crippen LogP contribution is -2.20. The third-order valence-corrected chi connectivity index (χ3v) is 3.86. The third-order valence-electron chi connectivity index (χ3n) is 3.34. The van der Waals surface area contributed by atoms with Gasteiger partial charge in [0.1, 0.15) is 6.54 Å². The molecule has 1 N–H and O–H groups in total. The number of amides is 1. The number of anilines is 1. The Morgan fingerprint density at radius 1 is 1.08 bits per heavy atom. The molecule has 1 aromatic heterocycles. The molecule has 0 aliphatic rings. The van der Waals surface area contributed by atoms with Gasteiger partial charge in [-0.1, -0.05) is 15.9 Å². The number of aromatic nitrogens is 4. The van der Waals surface area contributed by atoms with E-state index in [1.807, 2.05) is 12.1 Å². The Morgan fingerprint density at radius 2 is 1.73 bits per heavy atom. The lowest BCUT2D eigenvalue weighted by atomic mass is 10.2. The molecule has 0 aliphatic carbocycles. The maximum Gasteiger partial charge on any atom is 0.416 e. The largest absolute Gasteiger partial charge is 0.416 e. The number of hydrogen-bond acceptors (Lipinski definition) is 4. The van der Waals surface area contributed by atoms with Crippen LogP contribution in [0.2, 0.25) is 0 Å². The minimum absolute atomic E-state index is 0.218. The van der Waals surface area contributed by atoms with Gasteiger partial charge in [-0.15, -0.1) is 10.2 Å². The highest BCUT2D eigenvalue weighted by Gasteiger charge is 2.29. The molecule has 134 valence electrons. The Morgan fingerprint density at radius 3 is 2.35 bits per heavy atom. The number of halogens is 4. The second kappa shape index (κ2) is 7.24. The van der Waals surface area contributed by atoms with Gasteiger partial charge in [0.05, 0.1) is 5.56 Å². The van der Waals surface area contributed by atoms with E-state index in [-0.39, 0.29) is 12.2 Å². The number of carbonyl (C=O) groups is 1. The highest BCUT2D eigenvalue weighted by atomic mass is 79.9. The molecule has 3 rings (SSSR count). The predicted molar refractivity (Wildman–Crippen MR) is 91.0 cm³/mol. The van der Waals surface area contributed by atoms with E-state index in [0.717, 1.165) is 27.0 Å². The first-order chi connectivity index (χ1) is 12.3. The fourth-order valence-corrected chi connectivity index (χ4v) is 2.36. The van der Waals surface area contributed by atoms with Crippen LogP contribution in [0.3, 0.4) is 0 Å². The van der Waals surface area contributed by atoms with Crippen LogP contribution in [-0.4, -0.2) is 26.1 Å². The van der Waals surface area contributed by atoms with E-state index in [4.69, 9.17) is 0 Å². The van der Waals surface area contributed by atoms with Gasteiger partial charge in [-0.3, -0.25) is 4.79 Å². The quantitative estimate of drug-likeness (QED) is 0.690. The van der Waals surface area contributed by atoms with E-state index in [1.54, 1.807) is 12.1 Å². The number of nitrogens with one attached hydrogen (secondary N) is 1. The zero-order chi connectivity index (χ0) is 18.7. The summed E-state index contributed by atoms with van der Waals surface area (Å²) in [7, 11) is 0. The lowest BCUT2D eigenvalue weighted by Gasteiger charge is -2.08. The zero-order valence-corrected chi connectivity index (χ0v) is 14.6. The van der Waals surface area contributed by atoms with Crippen molar-refractivity contribution in [3.05, 3.63) is 58.6 Å². The van der Waals surface area contributed by atoms with Crippen molar-refractivity contribution in [3.8, 4) is 11.4 Å². The van der Waals surface area contributed by atoms with Gasteiger partial charge in [0.2, 0.25) is 11.7 Å². The summed E-state index contributed by atoms with van der Waals surface area (Å²) in [5.41, 5.74) is 0.200. The summed E-state index contributed by atoms with van der Waals surface area (Å²) >= 11 is 3.33. The molecule has 10 heteroatoms. The molecule has 6 nitrogen and oxygen atoms in total. The van der Waals surface area contributed by atoms with Gasteiger partial charge in [0.25, 0.3) is 0 Å². The molecule has 0 atom stereocenters. The Labute approximate surface area is 154 Å². The minimum atomic E-state index is -4.42. The van der Waals surface area contributed by atoms with Crippen LogP contribution in [-0.2, 0) is 17.5 Å². The van der Waals surface area contributed by atoms with Crippen molar-refractivity contribution in [2.24, 2.45) is 0 Å². The first-order valence-corrected chi connectivity index (χ1v) is 8.11. The van der Waals surface area contributed by atoms with Gasteiger partial charge in [0.15, 0.2) is 0 Å². The maximum atomic E-state index is 12.5. The monoisotopic (exact) mass is 425 g/mol. The molecule has 0 unspecified atom stereocenters. The van der Waals surface area contributed by atoms with Crippen LogP contribution in [0.5, 0.6) is 0 Å². The van der Waals surface area contributed by atoms with E-state index < -0.39 is 17.6 Å². The van der Waals surface area contributed by atoms with Crippen molar-refractivity contribution in [2.75, 3.05) is 5.32 Å². The van der Waals surface area contributed by atoms with Gasteiger partial charge >= 0.3 is 6.18 Å². The van der Waals surface area contributed by atoms with E-state index >= 15 is 0 Å². The van der Waals surface area contributed by atoms with Crippen LogP contribution in [0.15, 0.2) is 53.0 Å². The first-order valence-electron chi connectivity index (χ1n) is 7.32.